The Bertz CT molecular complexity index is 544. The zero-order valence-electron chi connectivity index (χ0n) is 10.1. The molecule has 0 saturated heterocycles. The van der Waals surface area contributed by atoms with E-state index in [9.17, 15) is 4.79 Å². The van der Waals surface area contributed by atoms with Gasteiger partial charge in [0.25, 0.3) is 5.91 Å². The van der Waals surface area contributed by atoms with Gasteiger partial charge >= 0.3 is 0 Å². The molecule has 0 saturated carbocycles. The van der Waals surface area contributed by atoms with Gasteiger partial charge < -0.3 is 15.5 Å². The average molecular weight is 263 g/mol. The number of carbonyl (C=O) groups excluding carboxylic acids is 1. The van der Waals surface area contributed by atoms with Crippen molar-refractivity contribution in [3.63, 3.8) is 0 Å². The van der Waals surface area contributed by atoms with Gasteiger partial charge in [-0.25, -0.2) is 9.97 Å². The molecule has 1 amide bonds. The molecule has 18 heavy (non-hydrogen) atoms. The minimum absolute atomic E-state index is 0.131. The van der Waals surface area contributed by atoms with Crippen LogP contribution in [0.3, 0.4) is 0 Å². The molecule has 0 aliphatic carbocycles. The Balaban J connectivity index is 2.05. The second-order valence-electron chi connectivity index (χ2n) is 4.11. The lowest BCUT2D eigenvalue weighted by Crippen LogP contribution is -2.27. The quantitative estimate of drug-likeness (QED) is 0.791. The van der Waals surface area contributed by atoms with Crippen molar-refractivity contribution in [3.8, 4) is 0 Å². The molecule has 94 valence electrons. The van der Waals surface area contributed by atoms with Gasteiger partial charge in [0.1, 0.15) is 22.7 Å². The minimum Gasteiger partial charge on any atom is -0.366 e. The van der Waals surface area contributed by atoms with Gasteiger partial charge in [-0.3, -0.25) is 4.79 Å². The van der Waals surface area contributed by atoms with E-state index in [1.165, 1.54) is 6.33 Å². The maximum atomic E-state index is 12.1. The lowest BCUT2D eigenvalue weighted by atomic mass is 10.4. The lowest BCUT2D eigenvalue weighted by Gasteiger charge is -2.19. The van der Waals surface area contributed by atoms with E-state index in [1.54, 1.807) is 18.0 Å². The summed E-state index contributed by atoms with van der Waals surface area (Å²) in [6.07, 6.45) is 4.05. The highest BCUT2D eigenvalue weighted by molar-refractivity contribution is 8.04. The molecular weight excluding hydrogens is 250 g/mol. The second kappa shape index (κ2) is 4.16. The molecule has 2 N–H and O–H groups in total. The molecule has 0 aromatic carbocycles. The number of rotatable bonds is 1. The summed E-state index contributed by atoms with van der Waals surface area (Å²) in [6.45, 7) is 2.09. The van der Waals surface area contributed by atoms with Crippen molar-refractivity contribution in [3.05, 3.63) is 23.3 Å². The Labute approximate surface area is 109 Å². The summed E-state index contributed by atoms with van der Waals surface area (Å²) in [5, 5.41) is 7.22. The lowest BCUT2D eigenvalue weighted by molar-refractivity contribution is -0.113. The van der Waals surface area contributed by atoms with Gasteiger partial charge in [0, 0.05) is 7.05 Å². The number of thioether (sulfide) groups is 1. The Morgan fingerprint density at radius 1 is 1.56 bits per heavy atom. The van der Waals surface area contributed by atoms with Crippen LogP contribution in [0, 0.1) is 0 Å². The third-order valence-corrected chi connectivity index (χ3v) is 4.37. The van der Waals surface area contributed by atoms with E-state index in [0.29, 0.717) is 11.4 Å². The number of hydrogen-bond donors (Lipinski definition) is 2. The Morgan fingerprint density at radius 3 is 3.17 bits per heavy atom. The molecule has 2 aliphatic heterocycles. The van der Waals surface area contributed by atoms with Crippen molar-refractivity contribution in [1.82, 2.24) is 15.3 Å². The average Bonchev–Trinajstić information content (AvgIpc) is 2.79. The van der Waals surface area contributed by atoms with Gasteiger partial charge in [-0.2, -0.15) is 0 Å². The van der Waals surface area contributed by atoms with E-state index >= 15 is 0 Å². The van der Waals surface area contributed by atoms with E-state index < -0.39 is 0 Å². The number of fused-ring (bicyclic) bond motifs is 1. The normalized spacial score (nSPS) is 22.0. The molecule has 3 heterocycles. The van der Waals surface area contributed by atoms with Crippen molar-refractivity contribution in [2.45, 2.75) is 18.7 Å². The molecule has 2 aliphatic rings. The Hall–Kier alpha value is -1.76. The first kappa shape index (κ1) is 11.3. The molecule has 1 aromatic rings. The first-order valence-electron chi connectivity index (χ1n) is 5.73. The maximum absolute atomic E-state index is 12.1. The van der Waals surface area contributed by atoms with Gasteiger partial charge in [0.15, 0.2) is 5.82 Å². The zero-order chi connectivity index (χ0) is 12.7. The smallest absolute Gasteiger partial charge is 0.274 e. The molecule has 0 radical (unpaired) electrons. The van der Waals surface area contributed by atoms with E-state index in [2.05, 4.69) is 27.5 Å². The molecule has 1 aromatic heterocycles. The highest BCUT2D eigenvalue weighted by atomic mass is 32.2. The Kier molecular flexibility index (Phi) is 2.62. The number of hydrogen-bond acceptors (Lipinski definition) is 6. The fourth-order valence-electron chi connectivity index (χ4n) is 2.00. The van der Waals surface area contributed by atoms with Crippen LogP contribution in [-0.2, 0) is 4.79 Å². The maximum Gasteiger partial charge on any atom is 0.274 e. The number of carbonyl (C=O) groups is 1. The van der Waals surface area contributed by atoms with Crippen LogP contribution in [0.1, 0.15) is 13.3 Å². The zero-order valence-corrected chi connectivity index (χ0v) is 10.9. The van der Waals surface area contributed by atoms with E-state index in [1.807, 2.05) is 11.9 Å². The fourth-order valence-corrected chi connectivity index (χ4v) is 3.13. The van der Waals surface area contributed by atoms with Crippen molar-refractivity contribution >= 4 is 29.2 Å². The predicted octanol–water partition coefficient (Wildman–Crippen LogP) is 1.11. The molecular formula is C11H13N5OS. The summed E-state index contributed by atoms with van der Waals surface area (Å²) in [7, 11) is 1.91. The van der Waals surface area contributed by atoms with Crippen LogP contribution in [0.5, 0.6) is 0 Å². The van der Waals surface area contributed by atoms with Crippen LogP contribution in [0.15, 0.2) is 23.3 Å². The van der Waals surface area contributed by atoms with E-state index in [-0.39, 0.29) is 11.3 Å². The number of aromatic nitrogens is 2. The third-order valence-electron chi connectivity index (χ3n) is 2.93. The standard InChI is InChI=1S/C11H13N5OS/c1-3-7-15-8-10(17)14-6-4-12-5-13-9(6)16(2)11(8)18-7/h4-5,7,15H,3H2,1-2H3,(H,14,17). The largest absolute Gasteiger partial charge is 0.366 e. The first-order valence-corrected chi connectivity index (χ1v) is 6.61. The van der Waals surface area contributed by atoms with Gasteiger partial charge in [0.05, 0.1) is 11.6 Å². The van der Waals surface area contributed by atoms with Crippen LogP contribution < -0.4 is 15.5 Å². The summed E-state index contributed by atoms with van der Waals surface area (Å²) >= 11 is 1.66. The summed E-state index contributed by atoms with van der Waals surface area (Å²) in [4.78, 5) is 22.2. The summed E-state index contributed by atoms with van der Waals surface area (Å²) < 4.78 is 0. The molecule has 7 heteroatoms. The van der Waals surface area contributed by atoms with E-state index in [0.717, 1.165) is 17.3 Å². The minimum atomic E-state index is -0.131. The number of anilines is 2. The second-order valence-corrected chi connectivity index (χ2v) is 5.30. The molecule has 0 fully saturated rings. The number of nitrogens with one attached hydrogen (secondary N) is 2. The first-order chi connectivity index (χ1) is 8.70. The molecule has 0 spiro atoms. The molecule has 1 atom stereocenters. The summed E-state index contributed by atoms with van der Waals surface area (Å²) in [5.74, 6) is 0.586. The van der Waals surface area contributed by atoms with Gasteiger partial charge in [0.2, 0.25) is 0 Å². The molecule has 3 rings (SSSR count). The van der Waals surface area contributed by atoms with Crippen LogP contribution in [0.25, 0.3) is 0 Å². The molecule has 6 nitrogen and oxygen atoms in total. The van der Waals surface area contributed by atoms with Crippen molar-refractivity contribution in [2.24, 2.45) is 0 Å². The predicted molar refractivity (Wildman–Crippen MR) is 70.9 cm³/mol. The van der Waals surface area contributed by atoms with Crippen LogP contribution in [-0.4, -0.2) is 28.3 Å². The van der Waals surface area contributed by atoms with Crippen molar-refractivity contribution in [1.29, 1.82) is 0 Å². The summed E-state index contributed by atoms with van der Waals surface area (Å²) in [5.41, 5.74) is 1.25. The SMILES string of the molecule is CCC1NC2=C(S1)N(C)c1ncncc1NC2=O. The number of nitrogens with zero attached hydrogens (tertiary/aromatic N) is 3. The molecule has 1 unspecified atom stereocenters. The fraction of sp³-hybridized carbons (Fsp3) is 0.364. The van der Waals surface area contributed by atoms with Crippen molar-refractivity contribution in [2.75, 3.05) is 17.3 Å². The van der Waals surface area contributed by atoms with Crippen molar-refractivity contribution < 1.29 is 4.79 Å². The van der Waals surface area contributed by atoms with E-state index in [4.69, 9.17) is 0 Å². The van der Waals surface area contributed by atoms with Gasteiger partial charge in [-0.15, -0.1) is 0 Å². The van der Waals surface area contributed by atoms with Crippen LogP contribution >= 0.6 is 11.8 Å². The topological polar surface area (TPSA) is 70.2 Å². The van der Waals surface area contributed by atoms with Gasteiger partial charge in [-0.05, 0) is 6.42 Å². The molecule has 0 bridgehead atoms. The van der Waals surface area contributed by atoms with Crippen LogP contribution in [0.4, 0.5) is 11.5 Å². The monoisotopic (exact) mass is 263 g/mol. The highest BCUT2D eigenvalue weighted by Gasteiger charge is 2.34. The summed E-state index contributed by atoms with van der Waals surface area (Å²) in [6, 6.07) is 0. The van der Waals surface area contributed by atoms with Crippen LogP contribution in [0.2, 0.25) is 0 Å². The van der Waals surface area contributed by atoms with Gasteiger partial charge in [-0.1, -0.05) is 18.7 Å². The number of amides is 1. The third kappa shape index (κ3) is 1.62. The highest BCUT2D eigenvalue weighted by Crippen LogP contribution is 2.39. The Morgan fingerprint density at radius 2 is 2.39 bits per heavy atom.